The normalized spacial score (nSPS) is 9.61. The second kappa shape index (κ2) is 7.98. The van der Waals surface area contributed by atoms with Crippen LogP contribution in [0.5, 0.6) is 0 Å². The molecule has 0 heterocycles. The van der Waals surface area contributed by atoms with Gasteiger partial charge in [-0.15, -0.1) is 0 Å². The molecule has 1 radical (unpaired) electrons. The standard InChI is InChI=1S/C16H18N.Al.3H/c1-2-3-14-17(15-10-6-4-7-11-15)16-12-8-5-9-13-16;;;;/h4-13H,1-3,14H2;;;;. The lowest BCUT2D eigenvalue weighted by atomic mass is 10.2. The maximum atomic E-state index is 3.92. The molecule has 0 amide bonds. The molecule has 1 nitrogen and oxygen atoms in total. The van der Waals surface area contributed by atoms with Crippen LogP contribution >= 0.6 is 0 Å². The summed E-state index contributed by atoms with van der Waals surface area (Å²) in [5.41, 5.74) is 2.49. The van der Waals surface area contributed by atoms with Crippen LogP contribution in [0, 0.1) is 6.92 Å². The minimum Gasteiger partial charge on any atom is -0.341 e. The van der Waals surface area contributed by atoms with Crippen LogP contribution in [-0.4, -0.2) is 23.9 Å². The maximum Gasteiger partial charge on any atom is 0.187 e. The molecule has 93 valence electrons. The highest BCUT2D eigenvalue weighted by atomic mass is 27.0. The zero-order chi connectivity index (χ0) is 11.9. The van der Waals surface area contributed by atoms with E-state index in [1.54, 1.807) is 0 Å². The molecule has 0 saturated heterocycles. The first-order chi connectivity index (χ1) is 8.42. The Hall–Kier alpha value is -1.23. The summed E-state index contributed by atoms with van der Waals surface area (Å²) in [6.45, 7) is 4.93. The lowest BCUT2D eigenvalue weighted by molar-refractivity contribution is 0.824. The van der Waals surface area contributed by atoms with Crippen molar-refractivity contribution in [2.45, 2.75) is 12.8 Å². The summed E-state index contributed by atoms with van der Waals surface area (Å²) in [5, 5.41) is 0. The molecule has 0 aliphatic carbocycles. The molecule has 0 aliphatic heterocycles. The minimum atomic E-state index is 0. The Bertz CT molecular complexity index is 388. The van der Waals surface area contributed by atoms with Crippen LogP contribution in [0.1, 0.15) is 12.8 Å². The minimum absolute atomic E-state index is 0. The third kappa shape index (κ3) is 3.91. The largest absolute Gasteiger partial charge is 0.341 e. The van der Waals surface area contributed by atoms with Crippen molar-refractivity contribution < 1.29 is 0 Å². The van der Waals surface area contributed by atoms with Crippen molar-refractivity contribution in [1.82, 2.24) is 0 Å². The van der Waals surface area contributed by atoms with Gasteiger partial charge in [0.1, 0.15) is 0 Å². The van der Waals surface area contributed by atoms with Crippen LogP contribution in [0.15, 0.2) is 60.7 Å². The van der Waals surface area contributed by atoms with Crippen molar-refractivity contribution in [3.8, 4) is 0 Å². The van der Waals surface area contributed by atoms with Crippen molar-refractivity contribution in [3.05, 3.63) is 67.6 Å². The molecule has 2 aromatic rings. The van der Waals surface area contributed by atoms with Crippen molar-refractivity contribution >= 4 is 28.7 Å². The molecular formula is C16H21AlN. The van der Waals surface area contributed by atoms with E-state index in [9.17, 15) is 0 Å². The van der Waals surface area contributed by atoms with E-state index in [4.69, 9.17) is 0 Å². The molecule has 0 saturated carbocycles. The van der Waals surface area contributed by atoms with Gasteiger partial charge in [0.05, 0.1) is 0 Å². The Morgan fingerprint density at radius 2 is 1.22 bits per heavy atom. The molecule has 0 N–H and O–H groups in total. The average Bonchev–Trinajstić information content (AvgIpc) is 2.42. The number of benzene rings is 2. The van der Waals surface area contributed by atoms with Gasteiger partial charge in [-0.05, 0) is 30.7 Å². The summed E-state index contributed by atoms with van der Waals surface area (Å²) < 4.78 is 0. The lowest BCUT2D eigenvalue weighted by Crippen LogP contribution is -2.17. The smallest absolute Gasteiger partial charge is 0.187 e. The first kappa shape index (κ1) is 14.8. The van der Waals surface area contributed by atoms with E-state index >= 15 is 0 Å². The fraction of sp³-hybridized carbons (Fsp3) is 0.188. The zero-order valence-corrected chi connectivity index (χ0v) is 10.0. The second-order valence-corrected chi connectivity index (χ2v) is 4.03. The number of rotatable bonds is 5. The van der Waals surface area contributed by atoms with E-state index in [1.807, 2.05) is 12.1 Å². The Balaban J connectivity index is 0.00000162. The summed E-state index contributed by atoms with van der Waals surface area (Å²) in [7, 11) is 0. The van der Waals surface area contributed by atoms with Crippen LogP contribution in [0.2, 0.25) is 0 Å². The Labute approximate surface area is 121 Å². The molecule has 0 unspecified atom stereocenters. The number of nitrogens with zero attached hydrogens (tertiary/aromatic N) is 1. The van der Waals surface area contributed by atoms with E-state index in [0.717, 1.165) is 19.4 Å². The number of hydrogen-bond donors (Lipinski definition) is 0. The van der Waals surface area contributed by atoms with Gasteiger partial charge in [-0.2, -0.15) is 0 Å². The van der Waals surface area contributed by atoms with Gasteiger partial charge in [0.25, 0.3) is 0 Å². The van der Waals surface area contributed by atoms with E-state index < -0.39 is 0 Å². The quantitative estimate of drug-likeness (QED) is 0.740. The molecule has 0 spiro atoms. The van der Waals surface area contributed by atoms with Crippen molar-refractivity contribution in [1.29, 1.82) is 0 Å². The van der Waals surface area contributed by atoms with Gasteiger partial charge in [-0.1, -0.05) is 49.7 Å². The van der Waals surface area contributed by atoms with E-state index in [0.29, 0.717) is 0 Å². The van der Waals surface area contributed by atoms with Crippen LogP contribution < -0.4 is 4.90 Å². The molecule has 0 atom stereocenters. The lowest BCUT2D eigenvalue weighted by Gasteiger charge is -2.24. The molecule has 2 heteroatoms. The third-order valence-corrected chi connectivity index (χ3v) is 2.77. The number of anilines is 2. The van der Waals surface area contributed by atoms with Gasteiger partial charge in [-0.3, -0.25) is 0 Å². The highest BCUT2D eigenvalue weighted by molar-refractivity contribution is 5.75. The summed E-state index contributed by atoms with van der Waals surface area (Å²) in [4.78, 5) is 2.34. The molecule has 18 heavy (non-hydrogen) atoms. The Morgan fingerprint density at radius 1 is 0.778 bits per heavy atom. The second-order valence-electron chi connectivity index (χ2n) is 4.03. The zero-order valence-electron chi connectivity index (χ0n) is 10.0. The van der Waals surface area contributed by atoms with Gasteiger partial charge < -0.3 is 4.90 Å². The van der Waals surface area contributed by atoms with Crippen molar-refractivity contribution in [2.24, 2.45) is 0 Å². The van der Waals surface area contributed by atoms with Crippen LogP contribution in [-0.2, 0) is 0 Å². The summed E-state index contributed by atoms with van der Waals surface area (Å²) in [6, 6.07) is 21.0. The summed E-state index contributed by atoms with van der Waals surface area (Å²) in [6.07, 6.45) is 2.07. The average molecular weight is 254 g/mol. The van der Waals surface area contributed by atoms with Crippen molar-refractivity contribution in [2.75, 3.05) is 11.4 Å². The number of hydrogen-bond acceptors (Lipinski definition) is 1. The fourth-order valence-corrected chi connectivity index (χ4v) is 1.89. The van der Waals surface area contributed by atoms with E-state index in [-0.39, 0.29) is 17.4 Å². The maximum absolute atomic E-state index is 3.92. The van der Waals surface area contributed by atoms with Crippen LogP contribution in [0.25, 0.3) is 0 Å². The SMILES string of the molecule is [AlH3].[CH2]CCCN(c1ccccc1)c1ccccc1. The van der Waals surface area contributed by atoms with E-state index in [2.05, 4.69) is 60.4 Å². The molecule has 2 rings (SSSR count). The van der Waals surface area contributed by atoms with Crippen LogP contribution in [0.3, 0.4) is 0 Å². The van der Waals surface area contributed by atoms with Gasteiger partial charge in [0, 0.05) is 17.9 Å². The third-order valence-electron chi connectivity index (χ3n) is 2.77. The van der Waals surface area contributed by atoms with Crippen LogP contribution in [0.4, 0.5) is 11.4 Å². The molecule has 0 fully saturated rings. The first-order valence-corrected chi connectivity index (χ1v) is 6.08. The fourth-order valence-electron chi connectivity index (χ4n) is 1.89. The predicted octanol–water partition coefficient (Wildman–Crippen LogP) is 3.26. The van der Waals surface area contributed by atoms with Gasteiger partial charge in [0.2, 0.25) is 0 Å². The summed E-state index contributed by atoms with van der Waals surface area (Å²) >= 11 is 0. The topological polar surface area (TPSA) is 3.24 Å². The highest BCUT2D eigenvalue weighted by Gasteiger charge is 2.07. The monoisotopic (exact) mass is 254 g/mol. The van der Waals surface area contributed by atoms with Gasteiger partial charge in [-0.25, -0.2) is 0 Å². The van der Waals surface area contributed by atoms with Gasteiger partial charge in [0.15, 0.2) is 17.4 Å². The molecule has 0 bridgehead atoms. The molecule has 2 aromatic carbocycles. The van der Waals surface area contributed by atoms with E-state index in [1.165, 1.54) is 11.4 Å². The molecule has 0 aliphatic rings. The first-order valence-electron chi connectivity index (χ1n) is 6.08. The molecular weight excluding hydrogens is 233 g/mol. The highest BCUT2D eigenvalue weighted by Crippen LogP contribution is 2.24. The predicted molar refractivity (Wildman–Crippen MR) is 84.4 cm³/mol. The summed E-state index contributed by atoms with van der Waals surface area (Å²) in [5.74, 6) is 0. The Morgan fingerprint density at radius 3 is 1.61 bits per heavy atom. The number of unbranched alkanes of at least 4 members (excludes halogenated alkanes) is 1. The van der Waals surface area contributed by atoms with Crippen molar-refractivity contribution in [3.63, 3.8) is 0 Å². The Kier molecular flexibility index (Phi) is 6.57. The molecule has 0 aromatic heterocycles. The number of para-hydroxylation sites is 2. The van der Waals surface area contributed by atoms with Gasteiger partial charge >= 0.3 is 0 Å².